The summed E-state index contributed by atoms with van der Waals surface area (Å²) in [6.45, 7) is 0. The summed E-state index contributed by atoms with van der Waals surface area (Å²) in [5, 5.41) is 0. The minimum atomic E-state index is -0.117. The van der Waals surface area contributed by atoms with Gasteiger partial charge in [-0.15, -0.1) is 0 Å². The van der Waals surface area contributed by atoms with Crippen LogP contribution in [0.5, 0.6) is 0 Å². The number of hydrogen-bond acceptors (Lipinski definition) is 2. The molecule has 0 N–H and O–H groups in total. The number of carbonyl (C=O) groups is 1. The third kappa shape index (κ3) is 0.916. The quantitative estimate of drug-likeness (QED) is 0.585. The Morgan fingerprint density at radius 1 is 1.50 bits per heavy atom. The van der Waals surface area contributed by atoms with Crippen LogP contribution in [0, 0.1) is 0 Å². The summed E-state index contributed by atoms with van der Waals surface area (Å²) in [5.41, 5.74) is 2.40. The minimum absolute atomic E-state index is 0.00815. The molecule has 1 aromatic rings. The molecule has 0 aromatic heterocycles. The van der Waals surface area contributed by atoms with Gasteiger partial charge in [-0.1, -0.05) is 24.3 Å². The van der Waals surface area contributed by atoms with Crippen molar-refractivity contribution in [2.45, 2.75) is 12.3 Å². The maximum Gasteiger partial charge on any atom is 0.313 e. The monoisotopic (exact) mass is 162 g/mol. The van der Waals surface area contributed by atoms with E-state index >= 15 is 0 Å². The summed E-state index contributed by atoms with van der Waals surface area (Å²) in [5.74, 6) is -0.125. The Labute approximate surface area is 71.2 Å². The molecule has 0 aliphatic heterocycles. The molecule has 1 aromatic carbocycles. The Balaban J connectivity index is 2.25. The van der Waals surface area contributed by atoms with Crippen LogP contribution in [0.2, 0.25) is 0 Å². The van der Waals surface area contributed by atoms with Crippen LogP contribution in [0.1, 0.15) is 17.0 Å². The molecule has 0 heterocycles. The molecule has 0 saturated heterocycles. The third-order valence-corrected chi connectivity index (χ3v) is 2.34. The second kappa shape index (κ2) is 2.63. The SMILES string of the molecule is COC(=O)C1Cc2ccccc21. The average molecular weight is 162 g/mol. The predicted octanol–water partition coefficient (Wildman–Crippen LogP) is 1.50. The second-order valence-electron chi connectivity index (χ2n) is 2.98. The highest BCUT2D eigenvalue weighted by molar-refractivity contribution is 5.81. The van der Waals surface area contributed by atoms with Gasteiger partial charge in [0.1, 0.15) is 0 Å². The molecule has 1 unspecified atom stereocenters. The van der Waals surface area contributed by atoms with Crippen molar-refractivity contribution in [3.63, 3.8) is 0 Å². The first-order valence-corrected chi connectivity index (χ1v) is 3.98. The van der Waals surface area contributed by atoms with Crippen LogP contribution < -0.4 is 0 Å². The largest absolute Gasteiger partial charge is 0.469 e. The van der Waals surface area contributed by atoms with E-state index in [-0.39, 0.29) is 11.9 Å². The Bertz CT molecular complexity index is 317. The number of carbonyl (C=O) groups excluding carboxylic acids is 1. The van der Waals surface area contributed by atoms with E-state index in [0.717, 1.165) is 12.0 Å². The van der Waals surface area contributed by atoms with E-state index in [2.05, 4.69) is 10.8 Å². The first-order valence-electron chi connectivity index (χ1n) is 3.98. The summed E-state index contributed by atoms with van der Waals surface area (Å²) in [4.78, 5) is 11.1. The molecule has 2 heteroatoms. The maximum atomic E-state index is 11.1. The summed E-state index contributed by atoms with van der Waals surface area (Å²) in [6, 6.07) is 7.98. The number of methoxy groups -OCH3 is 1. The third-order valence-electron chi connectivity index (χ3n) is 2.34. The van der Waals surface area contributed by atoms with Crippen LogP contribution in [0.4, 0.5) is 0 Å². The van der Waals surface area contributed by atoms with E-state index in [1.165, 1.54) is 12.7 Å². The van der Waals surface area contributed by atoms with Gasteiger partial charge < -0.3 is 4.74 Å². The van der Waals surface area contributed by atoms with Crippen molar-refractivity contribution in [2.24, 2.45) is 0 Å². The van der Waals surface area contributed by atoms with Crippen molar-refractivity contribution in [3.8, 4) is 0 Å². The molecule has 12 heavy (non-hydrogen) atoms. The maximum absolute atomic E-state index is 11.1. The van der Waals surface area contributed by atoms with Crippen LogP contribution in [0.25, 0.3) is 0 Å². The molecule has 0 saturated carbocycles. The lowest BCUT2D eigenvalue weighted by molar-refractivity contribution is -0.143. The smallest absolute Gasteiger partial charge is 0.313 e. The van der Waals surface area contributed by atoms with Crippen LogP contribution >= 0.6 is 0 Å². The summed E-state index contributed by atoms with van der Waals surface area (Å²) >= 11 is 0. The van der Waals surface area contributed by atoms with E-state index < -0.39 is 0 Å². The Morgan fingerprint density at radius 3 is 2.92 bits per heavy atom. The highest BCUT2D eigenvalue weighted by atomic mass is 16.5. The fourth-order valence-corrected chi connectivity index (χ4v) is 1.61. The average Bonchev–Trinajstić information content (AvgIpc) is 2.07. The molecule has 0 amide bonds. The van der Waals surface area contributed by atoms with E-state index in [9.17, 15) is 4.79 Å². The fraction of sp³-hybridized carbons (Fsp3) is 0.300. The van der Waals surface area contributed by atoms with Gasteiger partial charge in [0.2, 0.25) is 0 Å². The number of benzene rings is 1. The van der Waals surface area contributed by atoms with Crippen molar-refractivity contribution in [3.05, 3.63) is 35.4 Å². The first-order chi connectivity index (χ1) is 5.83. The van der Waals surface area contributed by atoms with Crippen molar-refractivity contribution >= 4 is 5.97 Å². The molecule has 2 nitrogen and oxygen atoms in total. The number of esters is 1. The molecule has 1 aliphatic rings. The standard InChI is InChI=1S/C10H10O2/c1-12-10(11)9-6-7-4-2-3-5-8(7)9/h2-5,9H,6H2,1H3. The number of ether oxygens (including phenoxy) is 1. The van der Waals surface area contributed by atoms with Gasteiger partial charge in [0.25, 0.3) is 0 Å². The predicted molar refractivity (Wildman–Crippen MR) is 44.9 cm³/mol. The van der Waals surface area contributed by atoms with Crippen LogP contribution in [-0.2, 0) is 16.0 Å². The van der Waals surface area contributed by atoms with Gasteiger partial charge in [0, 0.05) is 0 Å². The van der Waals surface area contributed by atoms with E-state index in [1.54, 1.807) is 0 Å². The topological polar surface area (TPSA) is 26.3 Å². The van der Waals surface area contributed by atoms with Crippen LogP contribution in [0.3, 0.4) is 0 Å². The molecule has 1 aliphatic carbocycles. The highest BCUT2D eigenvalue weighted by Gasteiger charge is 2.32. The van der Waals surface area contributed by atoms with Gasteiger partial charge in [0.05, 0.1) is 13.0 Å². The zero-order valence-corrected chi connectivity index (χ0v) is 6.91. The van der Waals surface area contributed by atoms with Gasteiger partial charge in [-0.05, 0) is 17.5 Å². The van der Waals surface area contributed by atoms with Crippen LogP contribution in [-0.4, -0.2) is 13.1 Å². The lowest BCUT2D eigenvalue weighted by atomic mass is 9.78. The lowest BCUT2D eigenvalue weighted by Gasteiger charge is -2.27. The Kier molecular flexibility index (Phi) is 1.61. The molecule has 0 fully saturated rings. The number of fused-ring (bicyclic) bond motifs is 1. The van der Waals surface area contributed by atoms with Gasteiger partial charge in [0.15, 0.2) is 0 Å². The van der Waals surface area contributed by atoms with Crippen molar-refractivity contribution in [1.82, 2.24) is 0 Å². The van der Waals surface area contributed by atoms with Crippen LogP contribution in [0.15, 0.2) is 24.3 Å². The molecule has 0 bridgehead atoms. The van der Waals surface area contributed by atoms with E-state index in [1.807, 2.05) is 18.2 Å². The second-order valence-corrected chi connectivity index (χ2v) is 2.98. The van der Waals surface area contributed by atoms with Gasteiger partial charge >= 0.3 is 5.97 Å². The van der Waals surface area contributed by atoms with Crippen molar-refractivity contribution in [1.29, 1.82) is 0 Å². The van der Waals surface area contributed by atoms with Gasteiger partial charge in [-0.25, -0.2) is 0 Å². The molecule has 62 valence electrons. The minimum Gasteiger partial charge on any atom is -0.469 e. The van der Waals surface area contributed by atoms with Gasteiger partial charge in [-0.3, -0.25) is 4.79 Å². The summed E-state index contributed by atoms with van der Waals surface area (Å²) in [7, 11) is 1.43. The zero-order valence-electron chi connectivity index (χ0n) is 6.91. The number of rotatable bonds is 1. The molecule has 1 atom stereocenters. The molecule has 0 radical (unpaired) electrons. The highest BCUT2D eigenvalue weighted by Crippen LogP contribution is 2.35. The lowest BCUT2D eigenvalue weighted by Crippen LogP contribution is -2.25. The van der Waals surface area contributed by atoms with E-state index in [0.29, 0.717) is 0 Å². The fourth-order valence-electron chi connectivity index (χ4n) is 1.61. The Hall–Kier alpha value is -1.31. The molecular weight excluding hydrogens is 152 g/mol. The van der Waals surface area contributed by atoms with Crippen molar-refractivity contribution in [2.75, 3.05) is 7.11 Å². The number of hydrogen-bond donors (Lipinski definition) is 0. The zero-order chi connectivity index (χ0) is 8.55. The Morgan fingerprint density at radius 2 is 2.25 bits per heavy atom. The first kappa shape index (κ1) is 7.35. The molecule has 0 spiro atoms. The van der Waals surface area contributed by atoms with E-state index in [4.69, 9.17) is 0 Å². The summed E-state index contributed by atoms with van der Waals surface area (Å²) in [6.07, 6.45) is 0.836. The molecular formula is C10H10O2. The normalized spacial score (nSPS) is 19.2. The molecule has 2 rings (SSSR count). The van der Waals surface area contributed by atoms with Gasteiger partial charge in [-0.2, -0.15) is 0 Å². The summed E-state index contributed by atoms with van der Waals surface area (Å²) < 4.78 is 4.67. The van der Waals surface area contributed by atoms with Crippen molar-refractivity contribution < 1.29 is 9.53 Å².